The molecule has 0 radical (unpaired) electrons. The van der Waals surface area contributed by atoms with Crippen LogP contribution in [0.25, 0.3) is 22.0 Å². The van der Waals surface area contributed by atoms with Gasteiger partial charge in [0.1, 0.15) is 17.1 Å². The predicted octanol–water partition coefficient (Wildman–Crippen LogP) is 2.48. The molecule has 0 aliphatic heterocycles. The maximum atomic E-state index is 11.5. The minimum absolute atomic E-state index is 0.106. The Bertz CT molecular complexity index is 970. The fraction of sp³-hybridized carbons (Fsp3) is 0.118. The Kier molecular flexibility index (Phi) is 3.69. The molecule has 7 heteroatoms. The number of aromatic nitrogens is 2. The van der Waals surface area contributed by atoms with Gasteiger partial charge in [0.05, 0.1) is 12.6 Å². The van der Waals surface area contributed by atoms with Crippen molar-refractivity contribution in [2.24, 2.45) is 0 Å². The van der Waals surface area contributed by atoms with Gasteiger partial charge < -0.3 is 21.3 Å². The van der Waals surface area contributed by atoms with E-state index in [0.29, 0.717) is 22.2 Å². The largest absolute Gasteiger partial charge is 0.495 e. The quantitative estimate of drug-likeness (QED) is 0.676. The Morgan fingerprint density at radius 2 is 1.92 bits per heavy atom. The molecule has 0 spiro atoms. The van der Waals surface area contributed by atoms with Gasteiger partial charge in [-0.25, -0.2) is 9.78 Å². The van der Waals surface area contributed by atoms with E-state index in [1.54, 1.807) is 18.2 Å². The Hall–Kier alpha value is -3.35. The van der Waals surface area contributed by atoms with E-state index >= 15 is 0 Å². The summed E-state index contributed by atoms with van der Waals surface area (Å²) in [6.45, 7) is 1.83. The first kappa shape index (κ1) is 15.5. The topological polar surface area (TPSA) is 124 Å². The molecular weight excluding hydrogens is 308 g/mol. The van der Waals surface area contributed by atoms with Crippen LogP contribution >= 0.6 is 0 Å². The van der Waals surface area contributed by atoms with Gasteiger partial charge in [-0.3, -0.25) is 0 Å². The Labute approximate surface area is 137 Å². The van der Waals surface area contributed by atoms with Gasteiger partial charge in [-0.15, -0.1) is 0 Å². The number of rotatable bonds is 3. The summed E-state index contributed by atoms with van der Waals surface area (Å²) in [5.74, 6) is -0.380. The lowest BCUT2D eigenvalue weighted by Crippen LogP contribution is -2.03. The number of aryl methyl sites for hydroxylation is 1. The monoisotopic (exact) mass is 324 g/mol. The summed E-state index contributed by atoms with van der Waals surface area (Å²) < 4.78 is 5.35. The van der Waals surface area contributed by atoms with Gasteiger partial charge in [0.2, 0.25) is 5.95 Å². The number of carboxylic acids is 1. The number of carbonyl (C=O) groups is 1. The second-order valence-electron chi connectivity index (χ2n) is 5.40. The summed E-state index contributed by atoms with van der Waals surface area (Å²) in [5, 5.41) is 10.0. The van der Waals surface area contributed by atoms with E-state index in [-0.39, 0.29) is 17.3 Å². The molecule has 3 rings (SSSR count). The van der Waals surface area contributed by atoms with E-state index in [4.69, 9.17) is 16.2 Å². The molecule has 0 saturated carbocycles. The van der Waals surface area contributed by atoms with Gasteiger partial charge in [-0.1, -0.05) is 6.07 Å². The van der Waals surface area contributed by atoms with Crippen LogP contribution in [0.2, 0.25) is 0 Å². The van der Waals surface area contributed by atoms with Crippen molar-refractivity contribution in [3.8, 4) is 16.9 Å². The van der Waals surface area contributed by atoms with E-state index in [1.165, 1.54) is 7.11 Å². The third-order valence-electron chi connectivity index (χ3n) is 3.72. The van der Waals surface area contributed by atoms with Crippen LogP contribution in [0, 0.1) is 6.92 Å². The molecule has 0 saturated heterocycles. The lowest BCUT2D eigenvalue weighted by molar-refractivity contribution is 0.0693. The summed E-state index contributed by atoms with van der Waals surface area (Å²) in [7, 11) is 1.44. The molecule has 0 atom stereocenters. The third-order valence-corrected chi connectivity index (χ3v) is 3.72. The first-order valence-corrected chi connectivity index (χ1v) is 7.15. The molecule has 1 heterocycles. The molecule has 122 valence electrons. The molecule has 7 nitrogen and oxygen atoms in total. The maximum Gasteiger partial charge on any atom is 0.339 e. The first-order valence-electron chi connectivity index (χ1n) is 7.15. The molecule has 24 heavy (non-hydrogen) atoms. The predicted molar refractivity (Wildman–Crippen MR) is 92.0 cm³/mol. The molecule has 0 aliphatic rings. The summed E-state index contributed by atoms with van der Waals surface area (Å²) >= 11 is 0. The van der Waals surface area contributed by atoms with E-state index in [0.717, 1.165) is 11.1 Å². The minimum atomic E-state index is -1.05. The number of hydrogen-bond donors (Lipinski definition) is 3. The highest BCUT2D eigenvalue weighted by Crippen LogP contribution is 2.36. The number of methoxy groups -OCH3 is 1. The lowest BCUT2D eigenvalue weighted by Gasteiger charge is -2.14. The van der Waals surface area contributed by atoms with E-state index in [2.05, 4.69) is 9.97 Å². The van der Waals surface area contributed by atoms with Crippen molar-refractivity contribution >= 4 is 28.6 Å². The fourth-order valence-electron chi connectivity index (χ4n) is 2.70. The van der Waals surface area contributed by atoms with E-state index in [1.807, 2.05) is 19.1 Å². The third kappa shape index (κ3) is 2.56. The molecule has 0 unspecified atom stereocenters. The average molecular weight is 324 g/mol. The van der Waals surface area contributed by atoms with Crippen molar-refractivity contribution in [3.05, 3.63) is 41.5 Å². The zero-order chi connectivity index (χ0) is 17.4. The number of nitrogens with two attached hydrogens (primary N) is 2. The molecule has 0 amide bonds. The highest BCUT2D eigenvalue weighted by Gasteiger charge is 2.18. The van der Waals surface area contributed by atoms with Crippen LogP contribution in [-0.2, 0) is 0 Å². The van der Waals surface area contributed by atoms with Crippen molar-refractivity contribution in [2.45, 2.75) is 6.92 Å². The smallest absolute Gasteiger partial charge is 0.339 e. The molecule has 0 fully saturated rings. The molecule has 1 aromatic heterocycles. The average Bonchev–Trinajstić information content (AvgIpc) is 2.53. The van der Waals surface area contributed by atoms with Crippen molar-refractivity contribution < 1.29 is 14.6 Å². The Balaban J connectivity index is 2.29. The van der Waals surface area contributed by atoms with Gasteiger partial charge in [0.25, 0.3) is 0 Å². The van der Waals surface area contributed by atoms with Crippen molar-refractivity contribution in [1.29, 1.82) is 0 Å². The lowest BCUT2D eigenvalue weighted by atomic mass is 9.97. The second-order valence-corrected chi connectivity index (χ2v) is 5.40. The van der Waals surface area contributed by atoms with Crippen LogP contribution < -0.4 is 16.2 Å². The minimum Gasteiger partial charge on any atom is -0.495 e. The SMILES string of the molecule is COc1c(C(=O)O)cc(C)cc1-c1ccc2nc(N)nc(N)c2c1. The fourth-order valence-corrected chi connectivity index (χ4v) is 2.70. The zero-order valence-electron chi connectivity index (χ0n) is 13.2. The van der Waals surface area contributed by atoms with Crippen molar-refractivity contribution in [3.63, 3.8) is 0 Å². The summed E-state index contributed by atoms with van der Waals surface area (Å²) in [5.41, 5.74) is 14.5. The molecule has 0 aliphatic carbocycles. The Morgan fingerprint density at radius 3 is 2.58 bits per heavy atom. The van der Waals surface area contributed by atoms with E-state index in [9.17, 15) is 9.90 Å². The van der Waals surface area contributed by atoms with Crippen LogP contribution in [0.4, 0.5) is 11.8 Å². The summed E-state index contributed by atoms with van der Waals surface area (Å²) in [6.07, 6.45) is 0. The normalized spacial score (nSPS) is 10.8. The van der Waals surface area contributed by atoms with Gasteiger partial charge in [0.15, 0.2) is 0 Å². The molecular formula is C17H16N4O3. The number of benzene rings is 2. The number of aromatic carboxylic acids is 1. The number of anilines is 2. The van der Waals surface area contributed by atoms with Crippen molar-refractivity contribution in [2.75, 3.05) is 18.6 Å². The Morgan fingerprint density at radius 1 is 1.17 bits per heavy atom. The summed E-state index contributed by atoms with van der Waals surface area (Å²) in [6, 6.07) is 8.82. The van der Waals surface area contributed by atoms with Crippen molar-refractivity contribution in [1.82, 2.24) is 9.97 Å². The summed E-state index contributed by atoms with van der Waals surface area (Å²) in [4.78, 5) is 19.6. The number of ether oxygens (including phenoxy) is 1. The number of hydrogen-bond acceptors (Lipinski definition) is 6. The van der Waals surface area contributed by atoms with Crippen LogP contribution in [0.1, 0.15) is 15.9 Å². The maximum absolute atomic E-state index is 11.5. The van der Waals surface area contributed by atoms with E-state index < -0.39 is 5.97 Å². The molecule has 5 N–H and O–H groups in total. The van der Waals surface area contributed by atoms with Gasteiger partial charge >= 0.3 is 5.97 Å². The molecule has 3 aromatic rings. The number of nitrogens with zero attached hydrogens (tertiary/aromatic N) is 2. The number of fused-ring (bicyclic) bond motifs is 1. The standard InChI is InChI=1S/C17H16N4O3/c1-8-5-10(14(24-2)12(6-8)16(22)23)9-3-4-13-11(7-9)15(18)21-17(19)20-13/h3-7H,1-2H3,(H,22,23)(H4,18,19,20,21). The van der Waals surface area contributed by atoms with Gasteiger partial charge in [-0.05, 0) is 42.3 Å². The van der Waals surface area contributed by atoms with Crippen LogP contribution in [0.3, 0.4) is 0 Å². The second kappa shape index (κ2) is 5.69. The first-order chi connectivity index (χ1) is 11.4. The zero-order valence-corrected chi connectivity index (χ0v) is 13.2. The number of carboxylic acid groups (broad SMARTS) is 1. The highest BCUT2D eigenvalue weighted by atomic mass is 16.5. The molecule has 2 aromatic carbocycles. The van der Waals surface area contributed by atoms with Gasteiger partial charge in [0, 0.05) is 10.9 Å². The highest BCUT2D eigenvalue weighted by molar-refractivity contribution is 5.97. The van der Waals surface area contributed by atoms with Crippen LogP contribution in [-0.4, -0.2) is 28.2 Å². The molecule has 0 bridgehead atoms. The van der Waals surface area contributed by atoms with Crippen LogP contribution in [0.5, 0.6) is 5.75 Å². The van der Waals surface area contributed by atoms with Gasteiger partial charge in [-0.2, -0.15) is 4.98 Å². The van der Waals surface area contributed by atoms with Crippen LogP contribution in [0.15, 0.2) is 30.3 Å². The number of nitrogen functional groups attached to an aromatic ring is 2.